The van der Waals surface area contributed by atoms with Crippen LogP contribution in [0.4, 0.5) is 21.9 Å². The molecule has 0 atom stereocenters. The van der Waals surface area contributed by atoms with Crippen LogP contribution in [0.1, 0.15) is 33.6 Å². The molecule has 0 saturated carbocycles. The van der Waals surface area contributed by atoms with E-state index < -0.39 is 16.4 Å². The molecule has 0 aromatic heterocycles. The van der Waals surface area contributed by atoms with Gasteiger partial charge in [0.15, 0.2) is 0 Å². The minimum atomic E-state index is -0.563. The van der Waals surface area contributed by atoms with Crippen LogP contribution in [-0.4, -0.2) is 52.4 Å². The Kier molecular flexibility index (Phi) is 7.06. The van der Waals surface area contributed by atoms with Gasteiger partial charge in [0.1, 0.15) is 17.2 Å². The van der Waals surface area contributed by atoms with E-state index in [4.69, 9.17) is 16.3 Å². The fourth-order valence-electron chi connectivity index (χ4n) is 2.87. The van der Waals surface area contributed by atoms with Crippen molar-refractivity contribution in [2.75, 3.05) is 29.6 Å². The third kappa shape index (κ3) is 5.98. The topological polar surface area (TPSA) is 114 Å². The van der Waals surface area contributed by atoms with Gasteiger partial charge in [-0.05, 0) is 39.7 Å². The molecule has 2 rings (SSSR count). The zero-order valence-electron chi connectivity index (χ0n) is 16.2. The Hall–Kier alpha value is -2.55. The molecule has 0 radical (unpaired) electrons. The van der Waals surface area contributed by atoms with Gasteiger partial charge >= 0.3 is 6.09 Å². The van der Waals surface area contributed by atoms with Gasteiger partial charge in [-0.25, -0.2) is 4.79 Å². The van der Waals surface area contributed by atoms with Crippen molar-refractivity contribution in [1.29, 1.82) is 0 Å². The van der Waals surface area contributed by atoms with Crippen molar-refractivity contribution in [3.05, 3.63) is 28.3 Å². The van der Waals surface area contributed by atoms with Gasteiger partial charge in [0.25, 0.3) is 5.69 Å². The van der Waals surface area contributed by atoms with Gasteiger partial charge in [-0.1, -0.05) is 6.07 Å². The van der Waals surface area contributed by atoms with Crippen LogP contribution in [0.2, 0.25) is 0 Å². The zero-order valence-corrected chi connectivity index (χ0v) is 16.9. The average molecular weight is 413 g/mol. The number of alkyl halides is 1. The van der Waals surface area contributed by atoms with Gasteiger partial charge in [0, 0.05) is 25.2 Å². The molecule has 2 N–H and O–H groups in total. The maximum Gasteiger partial charge on any atom is 0.410 e. The number of rotatable bonds is 5. The number of benzene rings is 1. The highest BCUT2D eigenvalue weighted by Gasteiger charge is 2.28. The molecular weight excluding hydrogens is 388 g/mol. The lowest BCUT2D eigenvalue weighted by Crippen LogP contribution is -2.44. The van der Waals surface area contributed by atoms with E-state index in [9.17, 15) is 19.7 Å². The van der Waals surface area contributed by atoms with E-state index in [0.29, 0.717) is 31.6 Å². The molecule has 1 aromatic rings. The predicted octanol–water partition coefficient (Wildman–Crippen LogP) is 3.58. The highest BCUT2D eigenvalue weighted by Crippen LogP contribution is 2.34. The van der Waals surface area contributed by atoms with Gasteiger partial charge in [-0.15, -0.1) is 11.6 Å². The second kappa shape index (κ2) is 9.09. The van der Waals surface area contributed by atoms with Crippen LogP contribution < -0.4 is 10.6 Å². The summed E-state index contributed by atoms with van der Waals surface area (Å²) < 4.78 is 5.37. The van der Waals surface area contributed by atoms with Crippen molar-refractivity contribution in [1.82, 2.24) is 4.90 Å². The van der Waals surface area contributed by atoms with Crippen LogP contribution in [0, 0.1) is 10.1 Å². The zero-order chi connectivity index (χ0) is 20.9. The highest BCUT2D eigenvalue weighted by atomic mass is 35.5. The quantitative estimate of drug-likeness (QED) is 0.434. The van der Waals surface area contributed by atoms with Crippen molar-refractivity contribution in [2.45, 2.75) is 45.3 Å². The van der Waals surface area contributed by atoms with Crippen molar-refractivity contribution in [2.24, 2.45) is 0 Å². The van der Waals surface area contributed by atoms with Crippen molar-refractivity contribution in [3.8, 4) is 0 Å². The Bertz CT molecular complexity index is 742. The number of likely N-dealkylation sites (tertiary alicyclic amines) is 1. The number of hydrogen-bond acceptors (Lipinski definition) is 6. The number of anilines is 2. The molecule has 1 aromatic carbocycles. The standard InChI is InChI=1S/C18H25ClN4O5/c1-18(2,3)28-17(25)22-9-7-12(8-10-22)20-16-13(21-15(24)11-19)5-4-6-14(16)23(26)27/h4-6,12,20H,7-11H2,1-3H3,(H,21,24). The minimum absolute atomic E-state index is 0.0913. The fraction of sp³-hybridized carbons (Fsp3) is 0.556. The number of nitrogens with zero attached hydrogens (tertiary/aromatic N) is 2. The fourth-order valence-corrected chi connectivity index (χ4v) is 2.94. The van der Waals surface area contributed by atoms with Crippen molar-refractivity contribution in [3.63, 3.8) is 0 Å². The van der Waals surface area contributed by atoms with E-state index in [1.807, 2.05) is 20.8 Å². The predicted molar refractivity (Wildman–Crippen MR) is 107 cm³/mol. The van der Waals surface area contributed by atoms with E-state index in [1.54, 1.807) is 11.0 Å². The minimum Gasteiger partial charge on any atom is -0.444 e. The summed E-state index contributed by atoms with van der Waals surface area (Å²) in [5.41, 5.74) is -0.162. The summed E-state index contributed by atoms with van der Waals surface area (Å²) in [5, 5.41) is 17.1. The molecule has 0 aliphatic carbocycles. The lowest BCUT2D eigenvalue weighted by atomic mass is 10.0. The number of nitro benzene ring substituents is 1. The molecule has 2 amide bonds. The number of halogens is 1. The monoisotopic (exact) mass is 412 g/mol. The molecule has 1 aliphatic rings. The number of para-hydroxylation sites is 1. The Labute approximate surface area is 168 Å². The summed E-state index contributed by atoms with van der Waals surface area (Å²) in [6.45, 7) is 6.37. The highest BCUT2D eigenvalue weighted by molar-refractivity contribution is 6.29. The maximum absolute atomic E-state index is 12.2. The molecule has 0 spiro atoms. The number of piperidine rings is 1. The molecule has 1 aliphatic heterocycles. The Balaban J connectivity index is 2.09. The summed E-state index contributed by atoms with van der Waals surface area (Å²) in [4.78, 5) is 36.3. The Morgan fingerprint density at radius 1 is 1.32 bits per heavy atom. The number of carbonyl (C=O) groups excluding carboxylic acids is 2. The number of carbonyl (C=O) groups is 2. The second-order valence-corrected chi connectivity index (χ2v) is 7.79. The molecule has 1 saturated heterocycles. The molecule has 154 valence electrons. The largest absolute Gasteiger partial charge is 0.444 e. The summed E-state index contributed by atoms with van der Waals surface area (Å²) in [6, 6.07) is 4.36. The van der Waals surface area contributed by atoms with Crippen LogP contribution in [0.3, 0.4) is 0 Å². The van der Waals surface area contributed by atoms with E-state index in [2.05, 4.69) is 10.6 Å². The first-order valence-corrected chi connectivity index (χ1v) is 9.52. The smallest absolute Gasteiger partial charge is 0.410 e. The molecule has 0 unspecified atom stereocenters. The number of ether oxygens (including phenoxy) is 1. The maximum atomic E-state index is 12.2. The number of nitrogens with one attached hydrogen (secondary N) is 2. The normalized spacial score (nSPS) is 15.1. The number of hydrogen-bond donors (Lipinski definition) is 2. The third-order valence-electron chi connectivity index (χ3n) is 4.13. The van der Waals surface area contributed by atoms with E-state index in [1.165, 1.54) is 12.1 Å². The van der Waals surface area contributed by atoms with Crippen LogP contribution in [0.15, 0.2) is 18.2 Å². The first-order chi connectivity index (χ1) is 13.1. The summed E-state index contributed by atoms with van der Waals surface area (Å²) in [7, 11) is 0. The van der Waals surface area contributed by atoms with Crippen molar-refractivity contribution < 1.29 is 19.2 Å². The summed E-state index contributed by atoms with van der Waals surface area (Å²) in [5.74, 6) is -0.707. The number of nitro groups is 1. The Morgan fingerprint density at radius 2 is 1.96 bits per heavy atom. The van der Waals surface area contributed by atoms with E-state index in [-0.39, 0.29) is 29.4 Å². The molecule has 9 nitrogen and oxygen atoms in total. The first kappa shape index (κ1) is 21.7. The van der Waals surface area contributed by atoms with Gasteiger partial charge in [-0.2, -0.15) is 0 Å². The summed E-state index contributed by atoms with van der Waals surface area (Å²) in [6.07, 6.45) is 0.814. The van der Waals surface area contributed by atoms with Crippen LogP contribution >= 0.6 is 11.6 Å². The first-order valence-electron chi connectivity index (χ1n) is 8.98. The molecule has 0 bridgehead atoms. The van der Waals surface area contributed by atoms with Crippen LogP contribution in [0.25, 0.3) is 0 Å². The summed E-state index contributed by atoms with van der Waals surface area (Å²) >= 11 is 5.52. The van der Waals surface area contributed by atoms with Gasteiger partial charge in [0.05, 0.1) is 10.6 Å². The second-order valence-electron chi connectivity index (χ2n) is 7.52. The molecule has 28 heavy (non-hydrogen) atoms. The average Bonchev–Trinajstić information content (AvgIpc) is 2.61. The van der Waals surface area contributed by atoms with Gasteiger partial charge in [-0.3, -0.25) is 14.9 Å². The van der Waals surface area contributed by atoms with Gasteiger partial charge in [0.2, 0.25) is 5.91 Å². The van der Waals surface area contributed by atoms with Crippen LogP contribution in [-0.2, 0) is 9.53 Å². The SMILES string of the molecule is CC(C)(C)OC(=O)N1CCC(Nc2c(NC(=O)CCl)cccc2[N+](=O)[O-])CC1. The molecule has 1 fully saturated rings. The van der Waals surface area contributed by atoms with Crippen LogP contribution in [0.5, 0.6) is 0 Å². The number of amides is 2. The van der Waals surface area contributed by atoms with Gasteiger partial charge < -0.3 is 20.3 Å². The van der Waals surface area contributed by atoms with Crippen molar-refractivity contribution >= 4 is 40.7 Å². The molecular formula is C18H25ClN4O5. The molecule has 1 heterocycles. The Morgan fingerprint density at radius 3 is 2.50 bits per heavy atom. The van der Waals surface area contributed by atoms with E-state index >= 15 is 0 Å². The third-order valence-corrected chi connectivity index (χ3v) is 4.37. The lowest BCUT2D eigenvalue weighted by Gasteiger charge is -2.34. The lowest BCUT2D eigenvalue weighted by molar-refractivity contribution is -0.383. The van der Waals surface area contributed by atoms with E-state index in [0.717, 1.165) is 0 Å². The molecule has 10 heteroatoms.